The molecule has 5 heterocycles. The highest BCUT2D eigenvalue weighted by Gasteiger charge is 2.60. The maximum atomic E-state index is 14.3. The summed E-state index contributed by atoms with van der Waals surface area (Å²) in [5, 5.41) is 24.2. The largest absolute Gasteiger partial charge is 0.462 e. The number of carbonyl (C=O) groups is 2. The molecular weight excluding hydrogens is 804 g/mol. The summed E-state index contributed by atoms with van der Waals surface area (Å²) in [5.74, 6) is -2.67. The highest BCUT2D eigenvalue weighted by atomic mass is 35.5. The molecule has 1 aromatic rings. The topological polar surface area (TPSA) is 148 Å². The number of fused-ring (bicyclic) bond motifs is 2. The van der Waals surface area contributed by atoms with Crippen LogP contribution in [0.4, 0.5) is 0 Å². The van der Waals surface area contributed by atoms with E-state index in [1.807, 2.05) is 32.9 Å². The monoisotopic (exact) mass is 868 g/mol. The molecule has 1 aliphatic carbocycles. The Labute approximate surface area is 365 Å². The molecule has 0 radical (unpaired) electrons. The van der Waals surface area contributed by atoms with E-state index in [4.69, 9.17) is 49.5 Å². The minimum atomic E-state index is -1.83. The number of carbonyl (C=O) groups excluding carboxylic acids is 2. The molecular formula is C48H65ClO12. The van der Waals surface area contributed by atoms with Crippen molar-refractivity contribution >= 4 is 23.5 Å². The molecule has 4 fully saturated rings. The maximum absolute atomic E-state index is 14.3. The summed E-state index contributed by atoms with van der Waals surface area (Å²) in [5.41, 5.74) is 0.502. The van der Waals surface area contributed by atoms with Gasteiger partial charge < -0.3 is 48.1 Å². The fraction of sp³-hybridized carbons (Fsp3) is 0.667. The van der Waals surface area contributed by atoms with Crippen LogP contribution in [-0.2, 0) is 42.7 Å². The average Bonchev–Trinajstić information content (AvgIpc) is 3.57. The minimum Gasteiger partial charge on any atom is -0.462 e. The number of esters is 2. The molecule has 4 saturated heterocycles. The Morgan fingerprint density at radius 3 is 2.54 bits per heavy atom. The standard InChI is InChI=1S/C48H65ClO12/c1-9-26(2)42-29(5)19-20-47(61-42)24-36-22-35(60-47)18-13-28(4)41(58-39-23-38(54-8)43(31(7)56-39)59-45(51)32-14-16-34(49)17-15-32)27(3)11-10-12-33-25-55-44-40(50)30(6)21-37(46(52)57-36)48(33,44)53/h10-17,21,26-27,29,31,35-44,50,53H,9,18-20,22-25H2,1-8H3/b11-10+,28-13+,33-12+/t26?,27-,29-,31-,35+,36-,37-,38-,39-,40+,41-,42+,43-,44+,47?,48+/m0/s1. The van der Waals surface area contributed by atoms with Gasteiger partial charge in [0.1, 0.15) is 35.9 Å². The van der Waals surface area contributed by atoms with Crippen LogP contribution in [0.25, 0.3) is 0 Å². The van der Waals surface area contributed by atoms with Gasteiger partial charge in [0, 0.05) is 43.7 Å². The Balaban J connectivity index is 1.19. The van der Waals surface area contributed by atoms with Crippen LogP contribution in [0.3, 0.4) is 0 Å². The summed E-state index contributed by atoms with van der Waals surface area (Å²) in [6, 6.07) is 6.52. The summed E-state index contributed by atoms with van der Waals surface area (Å²) in [4.78, 5) is 27.5. The zero-order valence-electron chi connectivity index (χ0n) is 36.8. The Bertz CT molecular complexity index is 1860. The number of hydrogen-bond donors (Lipinski definition) is 2. The number of rotatable bonds is 7. The number of allylic oxidation sites excluding steroid dienone is 2. The first-order chi connectivity index (χ1) is 29.0. The molecule has 7 rings (SSSR count). The van der Waals surface area contributed by atoms with E-state index in [0.717, 1.165) is 18.4 Å². The van der Waals surface area contributed by atoms with Crippen LogP contribution in [0, 0.1) is 23.7 Å². The predicted octanol–water partition coefficient (Wildman–Crippen LogP) is 7.58. The van der Waals surface area contributed by atoms with Crippen LogP contribution >= 0.6 is 11.6 Å². The number of halogens is 1. The molecule has 0 amide bonds. The lowest BCUT2D eigenvalue weighted by molar-refractivity contribution is -0.340. The van der Waals surface area contributed by atoms with Crippen molar-refractivity contribution < 1.29 is 57.7 Å². The van der Waals surface area contributed by atoms with Gasteiger partial charge in [-0.1, -0.05) is 76.1 Å². The van der Waals surface area contributed by atoms with E-state index in [2.05, 4.69) is 26.8 Å². The zero-order chi connectivity index (χ0) is 43.8. The van der Waals surface area contributed by atoms with Gasteiger partial charge in [0.15, 0.2) is 18.2 Å². The first kappa shape index (κ1) is 46.1. The zero-order valence-corrected chi connectivity index (χ0v) is 37.5. The molecule has 1 aromatic carbocycles. The summed E-state index contributed by atoms with van der Waals surface area (Å²) in [6.45, 7) is 14.3. The van der Waals surface area contributed by atoms with Crippen molar-refractivity contribution in [1.29, 1.82) is 0 Å². The third-order valence-corrected chi connectivity index (χ3v) is 14.2. The Morgan fingerprint density at radius 1 is 1.07 bits per heavy atom. The van der Waals surface area contributed by atoms with Crippen LogP contribution in [0.1, 0.15) is 104 Å². The molecule has 12 nitrogen and oxygen atoms in total. The molecule has 13 heteroatoms. The van der Waals surface area contributed by atoms with Gasteiger partial charge in [-0.25, -0.2) is 4.79 Å². The molecule has 16 atom stereocenters. The Kier molecular flexibility index (Phi) is 14.4. The lowest BCUT2D eigenvalue weighted by atomic mass is 9.71. The number of hydrogen-bond acceptors (Lipinski definition) is 12. The molecule has 2 unspecified atom stereocenters. The van der Waals surface area contributed by atoms with E-state index < -0.39 is 78.3 Å². The molecule has 0 aromatic heterocycles. The number of aliphatic hydroxyl groups excluding tert-OH is 1. The van der Waals surface area contributed by atoms with Crippen molar-refractivity contribution in [3.05, 3.63) is 82.0 Å². The highest BCUT2D eigenvalue weighted by molar-refractivity contribution is 6.30. The van der Waals surface area contributed by atoms with E-state index in [0.29, 0.717) is 65.7 Å². The number of aliphatic hydroxyl groups is 2. The molecule has 2 N–H and O–H groups in total. The summed E-state index contributed by atoms with van der Waals surface area (Å²) in [6.07, 6.45) is 7.54. The second-order valence-electron chi connectivity index (χ2n) is 18.4. The van der Waals surface area contributed by atoms with Gasteiger partial charge in [0.05, 0.1) is 36.6 Å². The van der Waals surface area contributed by atoms with Crippen LogP contribution in [0.5, 0.6) is 0 Å². The normalized spacial score (nSPS) is 43.4. The summed E-state index contributed by atoms with van der Waals surface area (Å²) >= 11 is 6.04. The van der Waals surface area contributed by atoms with E-state index in [9.17, 15) is 19.8 Å². The molecule has 1 spiro atoms. The second kappa shape index (κ2) is 19.1. The van der Waals surface area contributed by atoms with Gasteiger partial charge in [-0.15, -0.1) is 0 Å². The fourth-order valence-corrected chi connectivity index (χ4v) is 10.3. The molecule has 6 aliphatic rings. The molecule has 0 saturated carbocycles. The highest BCUT2D eigenvalue weighted by Crippen LogP contribution is 2.48. The SMILES string of the molecule is CCC(C)[C@H]1OC2(CC[C@@H]1C)C[C@@H]1C[C@@H](C/C=C(\C)[C@@H](O[C@H]3C[C@H](OC)[C@@H](OC(=O)c4ccc(Cl)cc4)[C@H](C)O3)[C@@H](C)/C=C/C=C3\CO[C@@H]4[C@H](O)C(C)=C[C@@H](C(=O)O1)[C@]34O)O2. The third kappa shape index (κ3) is 9.64. The van der Waals surface area contributed by atoms with E-state index >= 15 is 0 Å². The van der Waals surface area contributed by atoms with Gasteiger partial charge >= 0.3 is 11.9 Å². The van der Waals surface area contributed by atoms with Gasteiger partial charge in [0.2, 0.25) is 0 Å². The van der Waals surface area contributed by atoms with Crippen LogP contribution < -0.4 is 0 Å². The van der Waals surface area contributed by atoms with Crippen molar-refractivity contribution in [3.8, 4) is 0 Å². The maximum Gasteiger partial charge on any atom is 0.338 e. The van der Waals surface area contributed by atoms with Crippen LogP contribution in [0.15, 0.2) is 71.4 Å². The molecule has 336 valence electrons. The van der Waals surface area contributed by atoms with Crippen molar-refractivity contribution in [2.24, 2.45) is 23.7 Å². The smallest absolute Gasteiger partial charge is 0.338 e. The van der Waals surface area contributed by atoms with Gasteiger partial charge in [0.25, 0.3) is 0 Å². The van der Waals surface area contributed by atoms with E-state index in [-0.39, 0.29) is 24.7 Å². The predicted molar refractivity (Wildman–Crippen MR) is 227 cm³/mol. The fourth-order valence-electron chi connectivity index (χ4n) is 10.2. The van der Waals surface area contributed by atoms with Gasteiger partial charge in [-0.05, 0) is 86.4 Å². The van der Waals surface area contributed by atoms with Gasteiger partial charge in [-0.3, -0.25) is 4.79 Å². The first-order valence-electron chi connectivity index (χ1n) is 22.2. The summed E-state index contributed by atoms with van der Waals surface area (Å²) < 4.78 is 51.5. The van der Waals surface area contributed by atoms with Gasteiger partial charge in [-0.2, -0.15) is 0 Å². The summed E-state index contributed by atoms with van der Waals surface area (Å²) in [7, 11) is 1.58. The third-order valence-electron chi connectivity index (χ3n) is 14.0. The number of ether oxygens (including phenoxy) is 8. The lowest BCUT2D eigenvalue weighted by Crippen LogP contribution is -2.58. The quantitative estimate of drug-likeness (QED) is 0.206. The molecule has 2 bridgehead atoms. The Morgan fingerprint density at radius 2 is 1.82 bits per heavy atom. The van der Waals surface area contributed by atoms with Crippen molar-refractivity contribution in [2.45, 2.75) is 166 Å². The Hall–Kier alpha value is -2.91. The number of methoxy groups -OCH3 is 1. The number of benzene rings is 1. The minimum absolute atomic E-state index is 0.0148. The first-order valence-corrected chi connectivity index (χ1v) is 22.5. The van der Waals surface area contributed by atoms with Crippen molar-refractivity contribution in [1.82, 2.24) is 0 Å². The van der Waals surface area contributed by atoms with E-state index in [1.54, 1.807) is 50.5 Å². The molecule has 5 aliphatic heterocycles. The second-order valence-corrected chi connectivity index (χ2v) is 18.8. The van der Waals surface area contributed by atoms with E-state index in [1.165, 1.54) is 0 Å². The average molecular weight is 869 g/mol. The molecule has 61 heavy (non-hydrogen) atoms. The van der Waals surface area contributed by atoms with Crippen molar-refractivity contribution in [3.63, 3.8) is 0 Å². The van der Waals surface area contributed by atoms with Crippen LogP contribution in [0.2, 0.25) is 5.02 Å². The van der Waals surface area contributed by atoms with Crippen LogP contribution in [-0.4, -0.2) is 108 Å². The van der Waals surface area contributed by atoms with Crippen molar-refractivity contribution in [2.75, 3.05) is 13.7 Å². The lowest BCUT2D eigenvalue weighted by Gasteiger charge is -2.51.